The second-order valence-corrected chi connectivity index (χ2v) is 5.05. The molecule has 3 aromatic rings. The van der Waals surface area contributed by atoms with Crippen molar-refractivity contribution >= 4 is 16.7 Å². The Morgan fingerprint density at radius 1 is 1.33 bits per heavy atom. The summed E-state index contributed by atoms with van der Waals surface area (Å²) in [5.74, 6) is 0.441. The van der Waals surface area contributed by atoms with Crippen molar-refractivity contribution in [1.29, 1.82) is 0 Å². The molecule has 0 radical (unpaired) electrons. The number of carbonyl (C=O) groups is 1. The summed E-state index contributed by atoms with van der Waals surface area (Å²) in [5, 5.41) is 5.36. The zero-order valence-corrected chi connectivity index (χ0v) is 13.3. The van der Waals surface area contributed by atoms with Crippen LogP contribution in [0.15, 0.2) is 45.9 Å². The first-order chi connectivity index (χ1) is 11.6. The van der Waals surface area contributed by atoms with Crippen molar-refractivity contribution in [2.24, 2.45) is 0 Å². The lowest BCUT2D eigenvalue weighted by Crippen LogP contribution is -2.21. The molecule has 0 aliphatic heterocycles. The van der Waals surface area contributed by atoms with Crippen LogP contribution in [0.3, 0.4) is 0 Å². The minimum Gasteiger partial charge on any atom is -0.486 e. The van der Waals surface area contributed by atoms with Gasteiger partial charge in [-0.1, -0.05) is 0 Å². The highest BCUT2D eigenvalue weighted by molar-refractivity contribution is 5.90. The first kappa shape index (κ1) is 15.8. The monoisotopic (exact) mass is 328 g/mol. The molecule has 0 atom stereocenters. The molecule has 0 amide bonds. The zero-order valence-electron chi connectivity index (χ0n) is 13.3. The van der Waals surface area contributed by atoms with Crippen LogP contribution < -0.4 is 10.3 Å². The maximum Gasteiger partial charge on any atom is 0.341 e. The zero-order chi connectivity index (χ0) is 17.1. The molecule has 3 rings (SSSR count). The van der Waals surface area contributed by atoms with Crippen LogP contribution in [0.1, 0.15) is 23.0 Å². The van der Waals surface area contributed by atoms with Gasteiger partial charge in [0, 0.05) is 11.9 Å². The number of rotatable bonds is 5. The number of fused-ring (bicyclic) bond motifs is 1. The molecule has 0 saturated heterocycles. The molecule has 124 valence electrons. The number of benzene rings is 1. The summed E-state index contributed by atoms with van der Waals surface area (Å²) in [4.78, 5) is 23.8. The average Bonchev–Trinajstić information content (AvgIpc) is 3.08. The number of methoxy groups -OCH3 is 1. The number of hydrogen-bond donors (Lipinski definition) is 0. The third-order valence-corrected chi connectivity index (χ3v) is 3.64. The molecule has 7 nitrogen and oxygen atoms in total. The van der Waals surface area contributed by atoms with Crippen molar-refractivity contribution in [3.05, 3.63) is 58.4 Å². The lowest BCUT2D eigenvalue weighted by atomic mass is 10.2. The topological polar surface area (TPSA) is 83.6 Å². The Balaban J connectivity index is 1.83. The third-order valence-electron chi connectivity index (χ3n) is 3.64. The Morgan fingerprint density at radius 3 is 2.92 bits per heavy atom. The van der Waals surface area contributed by atoms with Gasteiger partial charge in [0.05, 0.1) is 25.0 Å². The number of furan rings is 1. The average molecular weight is 328 g/mol. The van der Waals surface area contributed by atoms with Gasteiger partial charge in [-0.25, -0.2) is 9.48 Å². The Bertz CT molecular complexity index is 942. The van der Waals surface area contributed by atoms with E-state index in [2.05, 4.69) is 9.84 Å². The standard InChI is InChI=1S/C17H16N2O5/c1-3-19-16(20)13-5-4-12(8-11(13)9-18-19)24-10-15-14(6-7-23-15)17(21)22-2/h4-9H,3,10H2,1-2H3. The van der Waals surface area contributed by atoms with Crippen molar-refractivity contribution in [2.45, 2.75) is 20.1 Å². The number of aromatic nitrogens is 2. The summed E-state index contributed by atoms with van der Waals surface area (Å²) < 4.78 is 17.0. The highest BCUT2D eigenvalue weighted by Gasteiger charge is 2.15. The molecular weight excluding hydrogens is 312 g/mol. The minimum absolute atomic E-state index is 0.0718. The van der Waals surface area contributed by atoms with E-state index in [1.54, 1.807) is 24.4 Å². The van der Waals surface area contributed by atoms with Gasteiger partial charge in [0.2, 0.25) is 0 Å². The predicted octanol–water partition coefficient (Wildman–Crippen LogP) is 2.38. The molecule has 0 spiro atoms. The van der Waals surface area contributed by atoms with E-state index in [0.717, 1.165) is 0 Å². The number of aryl methyl sites for hydroxylation is 1. The molecule has 0 aliphatic rings. The fraction of sp³-hybridized carbons (Fsp3) is 0.235. The summed E-state index contributed by atoms with van der Waals surface area (Å²) in [6.45, 7) is 2.45. The molecule has 0 bridgehead atoms. The van der Waals surface area contributed by atoms with E-state index in [1.165, 1.54) is 24.1 Å². The fourth-order valence-corrected chi connectivity index (χ4v) is 2.37. The smallest absolute Gasteiger partial charge is 0.341 e. The van der Waals surface area contributed by atoms with Crippen LogP contribution in [-0.4, -0.2) is 22.9 Å². The summed E-state index contributed by atoms with van der Waals surface area (Å²) >= 11 is 0. The van der Waals surface area contributed by atoms with Gasteiger partial charge < -0.3 is 13.9 Å². The Kier molecular flexibility index (Phi) is 4.33. The number of ether oxygens (including phenoxy) is 2. The van der Waals surface area contributed by atoms with E-state index in [1.807, 2.05) is 6.92 Å². The van der Waals surface area contributed by atoms with Gasteiger partial charge in [-0.15, -0.1) is 0 Å². The molecule has 7 heteroatoms. The molecular formula is C17H16N2O5. The lowest BCUT2D eigenvalue weighted by Gasteiger charge is -2.08. The highest BCUT2D eigenvalue weighted by Crippen LogP contribution is 2.20. The molecule has 0 unspecified atom stereocenters. The summed E-state index contributed by atoms with van der Waals surface area (Å²) in [5.41, 5.74) is 0.186. The van der Waals surface area contributed by atoms with E-state index >= 15 is 0 Å². The van der Waals surface area contributed by atoms with Crippen LogP contribution in [0.5, 0.6) is 5.75 Å². The number of nitrogens with zero attached hydrogens (tertiary/aromatic N) is 2. The summed E-state index contributed by atoms with van der Waals surface area (Å²) in [7, 11) is 1.30. The van der Waals surface area contributed by atoms with Crippen molar-refractivity contribution < 1.29 is 18.7 Å². The van der Waals surface area contributed by atoms with Gasteiger partial charge in [0.25, 0.3) is 5.56 Å². The van der Waals surface area contributed by atoms with Crippen LogP contribution >= 0.6 is 0 Å². The van der Waals surface area contributed by atoms with Crippen LogP contribution in [0.2, 0.25) is 0 Å². The van der Waals surface area contributed by atoms with Gasteiger partial charge >= 0.3 is 5.97 Å². The van der Waals surface area contributed by atoms with Crippen LogP contribution in [0, 0.1) is 0 Å². The minimum atomic E-state index is -0.481. The van der Waals surface area contributed by atoms with E-state index in [-0.39, 0.29) is 12.2 Å². The number of esters is 1. The first-order valence-corrected chi connectivity index (χ1v) is 7.41. The third kappa shape index (κ3) is 2.88. The van der Waals surface area contributed by atoms with Gasteiger partial charge in [-0.3, -0.25) is 4.79 Å². The molecule has 0 N–H and O–H groups in total. The second-order valence-electron chi connectivity index (χ2n) is 5.05. The SMILES string of the molecule is CCn1ncc2cc(OCc3occc3C(=O)OC)ccc2c1=O. The normalized spacial score (nSPS) is 10.8. The van der Waals surface area contributed by atoms with E-state index in [0.29, 0.717) is 34.4 Å². The lowest BCUT2D eigenvalue weighted by molar-refractivity contribution is 0.0595. The number of carbonyl (C=O) groups excluding carboxylic acids is 1. The Morgan fingerprint density at radius 2 is 2.17 bits per heavy atom. The summed E-state index contributed by atoms with van der Waals surface area (Å²) in [6.07, 6.45) is 3.03. The van der Waals surface area contributed by atoms with Crippen molar-refractivity contribution in [2.75, 3.05) is 7.11 Å². The molecule has 0 saturated carbocycles. The second kappa shape index (κ2) is 6.57. The summed E-state index contributed by atoms with van der Waals surface area (Å²) in [6, 6.07) is 6.65. The van der Waals surface area contributed by atoms with Crippen molar-refractivity contribution in [3.8, 4) is 5.75 Å². The van der Waals surface area contributed by atoms with Crippen molar-refractivity contribution in [1.82, 2.24) is 9.78 Å². The van der Waals surface area contributed by atoms with Gasteiger partial charge in [-0.05, 0) is 31.2 Å². The fourth-order valence-electron chi connectivity index (χ4n) is 2.37. The van der Waals surface area contributed by atoms with Crippen LogP contribution in [-0.2, 0) is 17.9 Å². The molecule has 1 aromatic carbocycles. The maximum atomic E-state index is 12.2. The van der Waals surface area contributed by atoms with Gasteiger partial charge in [-0.2, -0.15) is 5.10 Å². The quantitative estimate of drug-likeness (QED) is 0.669. The van der Waals surface area contributed by atoms with Gasteiger partial charge in [0.15, 0.2) is 5.76 Å². The molecule has 2 aromatic heterocycles. The predicted molar refractivity (Wildman–Crippen MR) is 86.1 cm³/mol. The molecule has 2 heterocycles. The molecule has 0 aliphatic carbocycles. The number of hydrogen-bond acceptors (Lipinski definition) is 6. The van der Waals surface area contributed by atoms with E-state index in [9.17, 15) is 9.59 Å². The highest BCUT2D eigenvalue weighted by atomic mass is 16.5. The van der Waals surface area contributed by atoms with Gasteiger partial charge in [0.1, 0.15) is 17.9 Å². The molecule has 0 fully saturated rings. The Hall–Kier alpha value is -3.09. The molecule has 24 heavy (non-hydrogen) atoms. The van der Waals surface area contributed by atoms with Crippen LogP contribution in [0.25, 0.3) is 10.8 Å². The van der Waals surface area contributed by atoms with Crippen molar-refractivity contribution in [3.63, 3.8) is 0 Å². The van der Waals surface area contributed by atoms with E-state index in [4.69, 9.17) is 9.15 Å². The maximum absolute atomic E-state index is 12.2. The Labute approximate surface area is 137 Å². The van der Waals surface area contributed by atoms with E-state index < -0.39 is 5.97 Å². The van der Waals surface area contributed by atoms with Crippen LogP contribution in [0.4, 0.5) is 0 Å². The first-order valence-electron chi connectivity index (χ1n) is 7.41. The largest absolute Gasteiger partial charge is 0.486 e.